The van der Waals surface area contributed by atoms with E-state index in [1.807, 2.05) is 0 Å². The molecule has 0 radical (unpaired) electrons. The number of methoxy groups -OCH3 is 1. The summed E-state index contributed by atoms with van der Waals surface area (Å²) in [5, 5.41) is 18.5. The molecule has 0 atom stereocenters. The van der Waals surface area contributed by atoms with E-state index in [4.69, 9.17) is 9.84 Å². The number of phenolic OH excluding ortho intramolecular Hbond substituents is 1. The van der Waals surface area contributed by atoms with Crippen LogP contribution in [0.3, 0.4) is 0 Å². The lowest BCUT2D eigenvalue weighted by atomic mass is 9.80. The quantitative estimate of drug-likeness (QED) is 0.850. The monoisotopic (exact) mass is 242 g/mol. The molecule has 0 saturated heterocycles. The van der Waals surface area contributed by atoms with Gasteiger partial charge >= 0.3 is 5.97 Å². The van der Waals surface area contributed by atoms with Crippen LogP contribution in [0.1, 0.15) is 25.8 Å². The fourth-order valence-electron chi connectivity index (χ4n) is 1.82. The lowest BCUT2D eigenvalue weighted by molar-refractivity contribution is -0.138. The third-order valence-corrected chi connectivity index (χ3v) is 2.55. The number of carboxylic acids is 1. The van der Waals surface area contributed by atoms with Crippen molar-refractivity contribution in [3.8, 4) is 11.5 Å². The Morgan fingerprint density at radius 2 is 2.06 bits per heavy atom. The molecule has 0 aliphatic carbocycles. The van der Waals surface area contributed by atoms with Crippen LogP contribution < -0.4 is 4.74 Å². The molecule has 0 spiro atoms. The van der Waals surface area contributed by atoms with Gasteiger partial charge in [0.2, 0.25) is 0 Å². The number of benzene rings is 1. The fourth-order valence-corrected chi connectivity index (χ4v) is 1.82. The molecule has 0 aliphatic heterocycles. The number of carboxylic acid groups (broad SMARTS) is 1. The van der Waals surface area contributed by atoms with Crippen LogP contribution in [0.25, 0.3) is 0 Å². The van der Waals surface area contributed by atoms with E-state index >= 15 is 0 Å². The van der Waals surface area contributed by atoms with E-state index in [1.54, 1.807) is 13.8 Å². The van der Waals surface area contributed by atoms with Crippen LogP contribution in [0.2, 0.25) is 0 Å². The molecule has 0 heterocycles. The Kier molecular flexibility index (Phi) is 3.60. The van der Waals surface area contributed by atoms with Crippen LogP contribution in [-0.4, -0.2) is 23.3 Å². The summed E-state index contributed by atoms with van der Waals surface area (Å²) in [6, 6.07) is 2.39. The molecule has 17 heavy (non-hydrogen) atoms. The summed E-state index contributed by atoms with van der Waals surface area (Å²) < 4.78 is 18.6. The zero-order valence-corrected chi connectivity index (χ0v) is 9.95. The SMILES string of the molecule is COc1cc(O)c(C(C)(C)CC(=O)O)c(F)c1. The second-order valence-corrected chi connectivity index (χ2v) is 4.46. The molecular weight excluding hydrogens is 227 g/mol. The molecule has 0 amide bonds. The lowest BCUT2D eigenvalue weighted by Gasteiger charge is -2.24. The number of aromatic hydroxyl groups is 1. The highest BCUT2D eigenvalue weighted by molar-refractivity contribution is 5.69. The molecule has 5 heteroatoms. The maximum Gasteiger partial charge on any atom is 0.304 e. The van der Waals surface area contributed by atoms with Gasteiger partial charge in [0.25, 0.3) is 0 Å². The first kappa shape index (κ1) is 13.3. The first-order valence-corrected chi connectivity index (χ1v) is 5.06. The first-order chi connectivity index (χ1) is 7.77. The third-order valence-electron chi connectivity index (χ3n) is 2.55. The summed E-state index contributed by atoms with van der Waals surface area (Å²) >= 11 is 0. The summed E-state index contributed by atoms with van der Waals surface area (Å²) in [6.07, 6.45) is -0.274. The average Bonchev–Trinajstić information content (AvgIpc) is 2.13. The minimum atomic E-state index is -1.05. The van der Waals surface area contributed by atoms with Crippen molar-refractivity contribution in [2.75, 3.05) is 7.11 Å². The van der Waals surface area contributed by atoms with Gasteiger partial charge in [-0.1, -0.05) is 13.8 Å². The van der Waals surface area contributed by atoms with Crippen molar-refractivity contribution in [2.45, 2.75) is 25.7 Å². The van der Waals surface area contributed by atoms with Crippen LogP contribution in [0.5, 0.6) is 11.5 Å². The predicted octanol–water partition coefficient (Wildman–Crippen LogP) is 2.29. The van der Waals surface area contributed by atoms with E-state index in [2.05, 4.69) is 0 Å². The smallest absolute Gasteiger partial charge is 0.304 e. The predicted molar refractivity (Wildman–Crippen MR) is 59.9 cm³/mol. The molecule has 94 valence electrons. The van der Waals surface area contributed by atoms with Crippen molar-refractivity contribution < 1.29 is 24.1 Å². The molecule has 0 aliphatic rings. The van der Waals surface area contributed by atoms with E-state index in [9.17, 15) is 14.3 Å². The number of rotatable bonds is 4. The number of aliphatic carboxylic acids is 1. The normalized spacial score (nSPS) is 11.3. The number of ether oxygens (including phenoxy) is 1. The van der Waals surface area contributed by atoms with E-state index in [0.717, 1.165) is 6.07 Å². The highest BCUT2D eigenvalue weighted by atomic mass is 19.1. The third kappa shape index (κ3) is 2.87. The maximum absolute atomic E-state index is 13.8. The Morgan fingerprint density at radius 3 is 2.47 bits per heavy atom. The summed E-state index contributed by atoms with van der Waals surface area (Å²) in [5.41, 5.74) is -1.01. The lowest BCUT2D eigenvalue weighted by Crippen LogP contribution is -2.23. The Morgan fingerprint density at radius 1 is 1.47 bits per heavy atom. The molecule has 0 unspecified atom stereocenters. The maximum atomic E-state index is 13.8. The van der Waals surface area contributed by atoms with Gasteiger partial charge in [0.1, 0.15) is 17.3 Å². The summed E-state index contributed by atoms with van der Waals surface area (Å²) in [6.45, 7) is 3.12. The fraction of sp³-hybridized carbons (Fsp3) is 0.417. The van der Waals surface area contributed by atoms with E-state index in [0.29, 0.717) is 0 Å². The topological polar surface area (TPSA) is 66.8 Å². The Balaban J connectivity index is 3.26. The number of hydrogen-bond donors (Lipinski definition) is 2. The standard InChI is InChI=1S/C12H15FO4/c1-12(2,6-10(15)16)11-8(13)4-7(17-3)5-9(11)14/h4-5,14H,6H2,1-3H3,(H,15,16). The Bertz CT molecular complexity index is 417. The zero-order valence-electron chi connectivity index (χ0n) is 9.95. The number of hydrogen-bond acceptors (Lipinski definition) is 3. The second-order valence-electron chi connectivity index (χ2n) is 4.46. The summed E-state index contributed by atoms with van der Waals surface area (Å²) in [4.78, 5) is 10.7. The minimum absolute atomic E-state index is 0.0132. The van der Waals surface area contributed by atoms with E-state index in [-0.39, 0.29) is 23.5 Å². The number of halogens is 1. The molecule has 0 bridgehead atoms. The molecule has 0 fully saturated rings. The van der Waals surface area contributed by atoms with Gasteiger partial charge in [0, 0.05) is 23.1 Å². The summed E-state index contributed by atoms with van der Waals surface area (Å²) in [5.74, 6) is -1.83. The van der Waals surface area contributed by atoms with Crippen LogP contribution in [0.4, 0.5) is 4.39 Å². The van der Waals surface area contributed by atoms with Gasteiger partial charge in [-0.05, 0) is 0 Å². The van der Waals surface area contributed by atoms with Crippen molar-refractivity contribution in [3.63, 3.8) is 0 Å². The number of phenols is 1. The molecule has 2 N–H and O–H groups in total. The van der Waals surface area contributed by atoms with Crippen molar-refractivity contribution in [3.05, 3.63) is 23.5 Å². The minimum Gasteiger partial charge on any atom is -0.507 e. The number of carbonyl (C=O) groups is 1. The molecule has 1 rings (SSSR count). The second kappa shape index (κ2) is 4.61. The highest BCUT2D eigenvalue weighted by Crippen LogP contribution is 2.38. The molecule has 0 aromatic heterocycles. The van der Waals surface area contributed by atoms with Gasteiger partial charge in [0.05, 0.1) is 13.5 Å². The van der Waals surface area contributed by atoms with Gasteiger partial charge in [0.15, 0.2) is 0 Å². The highest BCUT2D eigenvalue weighted by Gasteiger charge is 2.30. The van der Waals surface area contributed by atoms with Crippen molar-refractivity contribution >= 4 is 5.97 Å². The molecule has 1 aromatic carbocycles. The molecule has 0 saturated carbocycles. The Labute approximate surface area is 98.7 Å². The average molecular weight is 242 g/mol. The van der Waals surface area contributed by atoms with Crippen molar-refractivity contribution in [1.82, 2.24) is 0 Å². The molecular formula is C12H15FO4. The van der Waals surface area contributed by atoms with E-state index in [1.165, 1.54) is 13.2 Å². The van der Waals surface area contributed by atoms with E-state index < -0.39 is 17.2 Å². The molecule has 1 aromatic rings. The Hall–Kier alpha value is -1.78. The molecule has 4 nitrogen and oxygen atoms in total. The summed E-state index contributed by atoms with van der Waals surface area (Å²) in [7, 11) is 1.36. The van der Waals surface area contributed by atoms with Crippen LogP contribution >= 0.6 is 0 Å². The van der Waals surface area contributed by atoms with Gasteiger partial charge in [-0.2, -0.15) is 0 Å². The van der Waals surface area contributed by atoms with Gasteiger partial charge in [-0.25, -0.2) is 4.39 Å². The van der Waals surface area contributed by atoms with Crippen molar-refractivity contribution in [1.29, 1.82) is 0 Å². The van der Waals surface area contributed by atoms with Crippen LogP contribution in [0.15, 0.2) is 12.1 Å². The first-order valence-electron chi connectivity index (χ1n) is 5.06. The van der Waals surface area contributed by atoms with Crippen LogP contribution in [0, 0.1) is 5.82 Å². The largest absolute Gasteiger partial charge is 0.507 e. The van der Waals surface area contributed by atoms with Crippen molar-refractivity contribution in [2.24, 2.45) is 0 Å². The van der Waals surface area contributed by atoms with Gasteiger partial charge in [-0.3, -0.25) is 4.79 Å². The van der Waals surface area contributed by atoms with Gasteiger partial charge < -0.3 is 14.9 Å². The van der Waals surface area contributed by atoms with Gasteiger partial charge in [-0.15, -0.1) is 0 Å². The van der Waals surface area contributed by atoms with Crippen LogP contribution in [-0.2, 0) is 10.2 Å². The zero-order chi connectivity index (χ0) is 13.2.